The number of aromatic nitrogens is 1. The maximum Gasteiger partial charge on any atom is 0.218 e. The van der Waals surface area contributed by atoms with Crippen molar-refractivity contribution >= 4 is 5.96 Å². The van der Waals surface area contributed by atoms with Gasteiger partial charge in [-0.15, -0.1) is 0 Å². The summed E-state index contributed by atoms with van der Waals surface area (Å²) in [4.78, 5) is 11.1. The number of methoxy groups -OCH3 is 2. The average molecular weight is 337 g/mol. The summed E-state index contributed by atoms with van der Waals surface area (Å²) in [5, 5.41) is 6.61. The Balaban J connectivity index is 2.45. The molecule has 1 rings (SSSR count). The number of rotatable bonds is 11. The second kappa shape index (κ2) is 12.5. The normalized spacial score (nSPS) is 11.6. The van der Waals surface area contributed by atoms with Crippen LogP contribution in [0.4, 0.5) is 0 Å². The lowest BCUT2D eigenvalue weighted by atomic mass is 10.3. The molecule has 1 aromatic heterocycles. The highest BCUT2D eigenvalue weighted by atomic mass is 16.5. The molecule has 136 valence electrons. The molecule has 1 heterocycles. The largest absolute Gasteiger partial charge is 0.481 e. The Morgan fingerprint density at radius 1 is 1.29 bits per heavy atom. The number of hydrogen-bond donors (Lipinski definition) is 2. The zero-order chi connectivity index (χ0) is 17.6. The van der Waals surface area contributed by atoms with Crippen molar-refractivity contribution in [3.05, 3.63) is 23.9 Å². The zero-order valence-corrected chi connectivity index (χ0v) is 15.3. The summed E-state index contributed by atoms with van der Waals surface area (Å²) in [5.74, 6) is 1.42. The van der Waals surface area contributed by atoms with Gasteiger partial charge in [0.25, 0.3) is 0 Å². The maximum atomic E-state index is 5.26. The van der Waals surface area contributed by atoms with E-state index in [2.05, 4.69) is 39.5 Å². The molecule has 0 atom stereocenters. The van der Waals surface area contributed by atoms with Crippen molar-refractivity contribution < 1.29 is 9.47 Å². The molecule has 0 saturated carbocycles. The monoisotopic (exact) mass is 337 g/mol. The Morgan fingerprint density at radius 2 is 2.12 bits per heavy atom. The van der Waals surface area contributed by atoms with Gasteiger partial charge in [0.15, 0.2) is 5.96 Å². The zero-order valence-electron chi connectivity index (χ0n) is 15.3. The first kappa shape index (κ1) is 20.2. The Hall–Kier alpha value is -1.86. The summed E-state index contributed by atoms with van der Waals surface area (Å²) in [6.07, 6.45) is 2.76. The van der Waals surface area contributed by atoms with Gasteiger partial charge in [0.2, 0.25) is 5.88 Å². The highest BCUT2D eigenvalue weighted by Gasteiger charge is 2.04. The molecule has 0 amide bonds. The van der Waals surface area contributed by atoms with E-state index < -0.39 is 0 Å². The Kier molecular flexibility index (Phi) is 10.6. The first-order valence-electron chi connectivity index (χ1n) is 8.38. The molecule has 0 radical (unpaired) electrons. The van der Waals surface area contributed by atoms with Crippen LogP contribution in [-0.2, 0) is 11.3 Å². The van der Waals surface area contributed by atoms with Gasteiger partial charge in [-0.1, -0.05) is 6.07 Å². The number of ether oxygens (including phenoxy) is 2. The van der Waals surface area contributed by atoms with Crippen LogP contribution in [0.5, 0.6) is 5.88 Å². The lowest BCUT2D eigenvalue weighted by Crippen LogP contribution is -2.41. The Bertz CT molecular complexity index is 482. The summed E-state index contributed by atoms with van der Waals surface area (Å²) >= 11 is 0. The predicted octanol–water partition coefficient (Wildman–Crippen LogP) is 1.11. The first-order valence-corrected chi connectivity index (χ1v) is 8.38. The second-order valence-corrected chi connectivity index (χ2v) is 5.44. The van der Waals surface area contributed by atoms with Crippen molar-refractivity contribution in [3.8, 4) is 5.88 Å². The molecule has 0 aliphatic rings. The smallest absolute Gasteiger partial charge is 0.218 e. The minimum Gasteiger partial charge on any atom is -0.481 e. The summed E-state index contributed by atoms with van der Waals surface area (Å²) in [6, 6.07) is 3.87. The topological polar surface area (TPSA) is 71.0 Å². The molecule has 1 aromatic rings. The molecule has 0 spiro atoms. The van der Waals surface area contributed by atoms with Crippen LogP contribution in [0.2, 0.25) is 0 Å². The van der Waals surface area contributed by atoms with Crippen LogP contribution in [0.15, 0.2) is 23.3 Å². The van der Waals surface area contributed by atoms with Gasteiger partial charge >= 0.3 is 0 Å². The molecule has 0 aliphatic carbocycles. The van der Waals surface area contributed by atoms with Crippen LogP contribution in [0, 0.1) is 0 Å². The maximum absolute atomic E-state index is 5.26. The van der Waals surface area contributed by atoms with Gasteiger partial charge in [-0.3, -0.25) is 0 Å². The molecule has 2 N–H and O–H groups in total. The highest BCUT2D eigenvalue weighted by molar-refractivity contribution is 5.79. The van der Waals surface area contributed by atoms with Crippen LogP contribution in [0.25, 0.3) is 0 Å². The average Bonchev–Trinajstić information content (AvgIpc) is 2.60. The molecule has 0 aromatic carbocycles. The molecular formula is C17H31N5O2. The molecule has 0 saturated heterocycles. The lowest BCUT2D eigenvalue weighted by Gasteiger charge is -2.18. The van der Waals surface area contributed by atoms with Crippen molar-refractivity contribution in [3.63, 3.8) is 0 Å². The molecule has 0 fully saturated rings. The molecule has 0 unspecified atom stereocenters. The first-order chi connectivity index (χ1) is 11.7. The van der Waals surface area contributed by atoms with Crippen LogP contribution in [0.3, 0.4) is 0 Å². The third kappa shape index (κ3) is 8.12. The Labute approximate surface area is 145 Å². The van der Waals surface area contributed by atoms with Gasteiger partial charge in [-0.05, 0) is 26.5 Å². The van der Waals surface area contributed by atoms with Crippen molar-refractivity contribution in [2.75, 3.05) is 54.1 Å². The minimum absolute atomic E-state index is 0.524. The third-order valence-corrected chi connectivity index (χ3v) is 3.47. The molecule has 24 heavy (non-hydrogen) atoms. The van der Waals surface area contributed by atoms with Crippen LogP contribution >= 0.6 is 0 Å². The van der Waals surface area contributed by atoms with Gasteiger partial charge < -0.3 is 25.0 Å². The molecular weight excluding hydrogens is 306 g/mol. The van der Waals surface area contributed by atoms with Gasteiger partial charge in [-0.25, -0.2) is 9.98 Å². The van der Waals surface area contributed by atoms with Crippen LogP contribution < -0.4 is 15.4 Å². The summed E-state index contributed by atoms with van der Waals surface area (Å²) in [7, 11) is 5.47. The van der Waals surface area contributed by atoms with Crippen molar-refractivity contribution in [2.24, 2.45) is 4.99 Å². The number of nitrogens with one attached hydrogen (secondary N) is 2. The van der Waals surface area contributed by atoms with Gasteiger partial charge in [0, 0.05) is 51.7 Å². The van der Waals surface area contributed by atoms with E-state index in [4.69, 9.17) is 9.47 Å². The summed E-state index contributed by atoms with van der Waals surface area (Å²) in [6.45, 7) is 7.00. The molecule has 7 heteroatoms. The van der Waals surface area contributed by atoms with Crippen LogP contribution in [-0.4, -0.2) is 69.9 Å². The van der Waals surface area contributed by atoms with E-state index in [1.54, 1.807) is 20.4 Å². The second-order valence-electron chi connectivity index (χ2n) is 5.44. The summed E-state index contributed by atoms with van der Waals surface area (Å²) in [5.41, 5.74) is 0.967. The van der Waals surface area contributed by atoms with E-state index in [-0.39, 0.29) is 0 Å². The van der Waals surface area contributed by atoms with Gasteiger partial charge in [-0.2, -0.15) is 0 Å². The van der Waals surface area contributed by atoms with E-state index >= 15 is 0 Å². The number of nitrogens with zero attached hydrogens (tertiary/aromatic N) is 3. The van der Waals surface area contributed by atoms with E-state index in [0.717, 1.165) is 50.7 Å². The fourth-order valence-corrected chi connectivity index (χ4v) is 2.19. The SMILES string of the molecule is CCNC(=NCc1cccnc1OC)NCCN(C)CCCOC. The number of hydrogen-bond acceptors (Lipinski definition) is 5. The molecule has 0 aliphatic heterocycles. The molecule has 7 nitrogen and oxygen atoms in total. The molecule has 0 bridgehead atoms. The number of guanidine groups is 1. The standard InChI is InChI=1S/C17H31N5O2/c1-5-18-17(20-10-12-22(2)11-7-13-23-3)21-14-15-8-6-9-19-16(15)24-4/h6,8-9H,5,7,10-14H2,1-4H3,(H2,18,20,21). The van der Waals surface area contributed by atoms with Crippen molar-refractivity contribution in [2.45, 2.75) is 19.9 Å². The van der Waals surface area contributed by atoms with E-state index in [1.807, 2.05) is 12.1 Å². The third-order valence-electron chi connectivity index (χ3n) is 3.47. The fourth-order valence-electron chi connectivity index (χ4n) is 2.19. The minimum atomic E-state index is 0.524. The van der Waals surface area contributed by atoms with Crippen molar-refractivity contribution in [1.82, 2.24) is 20.5 Å². The van der Waals surface area contributed by atoms with Gasteiger partial charge in [0.05, 0.1) is 13.7 Å². The quantitative estimate of drug-likeness (QED) is 0.358. The van der Waals surface area contributed by atoms with E-state index in [9.17, 15) is 0 Å². The fraction of sp³-hybridized carbons (Fsp3) is 0.647. The summed E-state index contributed by atoms with van der Waals surface area (Å²) < 4.78 is 10.3. The van der Waals surface area contributed by atoms with Crippen LogP contribution in [0.1, 0.15) is 18.9 Å². The Morgan fingerprint density at radius 3 is 2.83 bits per heavy atom. The van der Waals surface area contributed by atoms with Crippen molar-refractivity contribution in [1.29, 1.82) is 0 Å². The van der Waals surface area contributed by atoms with Gasteiger partial charge in [0.1, 0.15) is 0 Å². The van der Waals surface area contributed by atoms with E-state index in [1.165, 1.54) is 0 Å². The predicted molar refractivity (Wildman–Crippen MR) is 97.6 cm³/mol. The number of likely N-dealkylation sites (N-methyl/N-ethyl adjacent to an activating group) is 1. The number of aliphatic imine (C=N–C) groups is 1. The van der Waals surface area contributed by atoms with E-state index in [0.29, 0.717) is 12.4 Å². The highest BCUT2D eigenvalue weighted by Crippen LogP contribution is 2.14. The lowest BCUT2D eigenvalue weighted by molar-refractivity contribution is 0.180. The number of pyridine rings is 1.